The van der Waals surface area contributed by atoms with Crippen LogP contribution in [0.1, 0.15) is 0 Å². The fourth-order valence-electron chi connectivity index (χ4n) is 4.49. The summed E-state index contributed by atoms with van der Waals surface area (Å²) < 4.78 is 3.48. The molecule has 1 heterocycles. The molecule has 0 saturated heterocycles. The van der Waals surface area contributed by atoms with Gasteiger partial charge in [-0.2, -0.15) is 0 Å². The number of hydrogen-bond acceptors (Lipinski definition) is 0. The second kappa shape index (κ2) is 6.86. The van der Waals surface area contributed by atoms with Crippen LogP contribution in [0.2, 0.25) is 0 Å². The number of nitrogens with zero attached hydrogens (tertiary/aromatic N) is 1. The number of benzene rings is 5. The molecular weight excluding hydrogens is 430 g/mol. The van der Waals surface area contributed by atoms with Crippen molar-refractivity contribution in [2.75, 3.05) is 0 Å². The molecule has 0 aliphatic carbocycles. The van der Waals surface area contributed by atoms with E-state index in [0.717, 1.165) is 4.47 Å². The minimum Gasteiger partial charge on any atom is -0.309 e. The van der Waals surface area contributed by atoms with Crippen molar-refractivity contribution in [2.24, 2.45) is 0 Å². The topological polar surface area (TPSA) is 4.93 Å². The number of fused-ring (bicyclic) bond motifs is 5. The average molecular weight is 448 g/mol. The van der Waals surface area contributed by atoms with Crippen LogP contribution in [0.15, 0.2) is 114 Å². The quantitative estimate of drug-likeness (QED) is 0.251. The maximum absolute atomic E-state index is 3.61. The first-order chi connectivity index (χ1) is 14.8. The van der Waals surface area contributed by atoms with Crippen molar-refractivity contribution in [3.8, 4) is 16.8 Å². The lowest BCUT2D eigenvalue weighted by Crippen LogP contribution is -1.93. The molecule has 30 heavy (non-hydrogen) atoms. The van der Waals surface area contributed by atoms with Gasteiger partial charge in [-0.3, -0.25) is 0 Å². The summed E-state index contributed by atoms with van der Waals surface area (Å²) in [5, 5.41) is 5.16. The van der Waals surface area contributed by atoms with Crippen LogP contribution in [0.4, 0.5) is 0 Å². The fraction of sp³-hybridized carbons (Fsp3) is 0. The van der Waals surface area contributed by atoms with Crippen molar-refractivity contribution in [3.63, 3.8) is 0 Å². The van der Waals surface area contributed by atoms with Gasteiger partial charge in [-0.1, -0.05) is 88.7 Å². The monoisotopic (exact) mass is 447 g/mol. The van der Waals surface area contributed by atoms with Gasteiger partial charge in [0.05, 0.1) is 11.0 Å². The lowest BCUT2D eigenvalue weighted by molar-refractivity contribution is 1.18. The Morgan fingerprint density at radius 2 is 1.33 bits per heavy atom. The normalized spacial score (nSPS) is 11.5. The molecule has 0 fully saturated rings. The van der Waals surface area contributed by atoms with Gasteiger partial charge in [0.1, 0.15) is 0 Å². The minimum absolute atomic E-state index is 1.09. The molecule has 2 heteroatoms. The number of hydrogen-bond donors (Lipinski definition) is 0. The molecule has 0 aliphatic heterocycles. The number of halogens is 1. The van der Waals surface area contributed by atoms with E-state index in [1.807, 2.05) is 0 Å². The van der Waals surface area contributed by atoms with Crippen LogP contribution in [0, 0.1) is 0 Å². The zero-order valence-corrected chi connectivity index (χ0v) is 17.8. The van der Waals surface area contributed by atoms with E-state index in [1.54, 1.807) is 0 Å². The molecule has 1 aromatic heterocycles. The van der Waals surface area contributed by atoms with Gasteiger partial charge in [0.25, 0.3) is 0 Å². The van der Waals surface area contributed by atoms with Crippen LogP contribution in [-0.4, -0.2) is 4.57 Å². The summed E-state index contributed by atoms with van der Waals surface area (Å²) in [6, 6.07) is 39.1. The predicted molar refractivity (Wildman–Crippen MR) is 131 cm³/mol. The lowest BCUT2D eigenvalue weighted by Gasteiger charge is -2.09. The molecular formula is C28H18BrN. The first kappa shape index (κ1) is 17.5. The van der Waals surface area contributed by atoms with Gasteiger partial charge in [-0.05, 0) is 58.3 Å². The van der Waals surface area contributed by atoms with Crippen molar-refractivity contribution < 1.29 is 0 Å². The second-order valence-electron chi connectivity index (χ2n) is 7.59. The van der Waals surface area contributed by atoms with Gasteiger partial charge >= 0.3 is 0 Å². The lowest BCUT2D eigenvalue weighted by atomic mass is 10.0. The number of aromatic nitrogens is 1. The molecule has 0 spiro atoms. The Bertz CT molecular complexity index is 1540. The highest BCUT2D eigenvalue weighted by Crippen LogP contribution is 2.38. The maximum atomic E-state index is 3.61. The third-order valence-electron chi connectivity index (χ3n) is 5.83. The summed E-state index contributed by atoms with van der Waals surface area (Å²) in [7, 11) is 0. The van der Waals surface area contributed by atoms with Crippen LogP contribution >= 0.6 is 15.9 Å². The smallest absolute Gasteiger partial charge is 0.0547 e. The Morgan fingerprint density at radius 1 is 0.533 bits per heavy atom. The first-order valence-corrected chi connectivity index (χ1v) is 10.9. The van der Waals surface area contributed by atoms with E-state index in [1.165, 1.54) is 49.4 Å². The molecule has 1 nitrogen and oxygen atoms in total. The summed E-state index contributed by atoms with van der Waals surface area (Å²) >= 11 is 3.61. The van der Waals surface area contributed by atoms with Gasteiger partial charge in [0.15, 0.2) is 0 Å². The van der Waals surface area contributed by atoms with E-state index in [-0.39, 0.29) is 0 Å². The highest BCUT2D eigenvalue weighted by molar-refractivity contribution is 9.10. The van der Waals surface area contributed by atoms with Crippen LogP contribution in [0.3, 0.4) is 0 Å². The minimum atomic E-state index is 1.09. The van der Waals surface area contributed by atoms with E-state index >= 15 is 0 Å². The molecule has 6 aromatic rings. The third kappa shape index (κ3) is 2.68. The molecule has 0 atom stereocenters. The summed E-state index contributed by atoms with van der Waals surface area (Å²) in [5.74, 6) is 0. The Labute approximate surface area is 183 Å². The molecule has 0 radical (unpaired) electrons. The van der Waals surface area contributed by atoms with Gasteiger partial charge in [0.2, 0.25) is 0 Å². The molecule has 5 aromatic carbocycles. The predicted octanol–water partition coefficient (Wildman–Crippen LogP) is 8.37. The van der Waals surface area contributed by atoms with Crippen molar-refractivity contribution in [1.29, 1.82) is 0 Å². The van der Waals surface area contributed by atoms with Crippen molar-refractivity contribution in [3.05, 3.63) is 114 Å². The molecule has 0 amide bonds. The molecule has 0 saturated carbocycles. The Hall–Kier alpha value is -3.36. The molecule has 0 N–H and O–H groups in total. The largest absolute Gasteiger partial charge is 0.309 e. The zero-order valence-electron chi connectivity index (χ0n) is 16.2. The van der Waals surface area contributed by atoms with Crippen LogP contribution < -0.4 is 0 Å². The maximum Gasteiger partial charge on any atom is 0.0547 e. The molecule has 6 rings (SSSR count). The Morgan fingerprint density at radius 3 is 2.20 bits per heavy atom. The fourth-order valence-corrected chi connectivity index (χ4v) is 4.89. The highest BCUT2D eigenvalue weighted by atomic mass is 79.9. The summed E-state index contributed by atoms with van der Waals surface area (Å²) in [4.78, 5) is 0. The zero-order chi connectivity index (χ0) is 20.1. The summed E-state index contributed by atoms with van der Waals surface area (Å²) in [6.07, 6.45) is 0. The van der Waals surface area contributed by atoms with E-state index in [4.69, 9.17) is 0 Å². The first-order valence-electron chi connectivity index (χ1n) is 10.1. The van der Waals surface area contributed by atoms with E-state index < -0.39 is 0 Å². The average Bonchev–Trinajstić information content (AvgIpc) is 3.13. The van der Waals surface area contributed by atoms with Gasteiger partial charge in [0, 0.05) is 20.9 Å². The van der Waals surface area contributed by atoms with Gasteiger partial charge < -0.3 is 4.57 Å². The number of rotatable bonds is 2. The second-order valence-corrected chi connectivity index (χ2v) is 8.51. The van der Waals surface area contributed by atoms with Crippen molar-refractivity contribution in [2.45, 2.75) is 0 Å². The standard InChI is InChI=1S/C28H18BrN/c29-22-9-6-8-20(17-22)21-13-15-25-27(18-21)30(23-10-2-1-3-11-23)26-16-14-19-7-4-5-12-24(19)28(25)26/h1-18H. The van der Waals surface area contributed by atoms with Crippen LogP contribution in [0.5, 0.6) is 0 Å². The summed E-state index contributed by atoms with van der Waals surface area (Å²) in [5.41, 5.74) is 6.07. The third-order valence-corrected chi connectivity index (χ3v) is 6.32. The van der Waals surface area contributed by atoms with Gasteiger partial charge in [-0.25, -0.2) is 0 Å². The molecule has 142 valence electrons. The summed E-state index contributed by atoms with van der Waals surface area (Å²) in [6.45, 7) is 0. The van der Waals surface area contributed by atoms with E-state index in [9.17, 15) is 0 Å². The molecule has 0 bridgehead atoms. The Balaban J connectivity index is 1.77. The SMILES string of the molecule is Brc1cccc(-c2ccc3c4c5ccccc5ccc4n(-c4ccccc4)c3c2)c1. The Kier molecular flexibility index (Phi) is 4.00. The van der Waals surface area contributed by atoms with Crippen LogP contribution in [-0.2, 0) is 0 Å². The van der Waals surface area contributed by atoms with E-state index in [2.05, 4.69) is 130 Å². The van der Waals surface area contributed by atoms with Crippen molar-refractivity contribution >= 4 is 48.5 Å². The van der Waals surface area contributed by atoms with Gasteiger partial charge in [-0.15, -0.1) is 0 Å². The van der Waals surface area contributed by atoms with E-state index in [0.29, 0.717) is 0 Å². The van der Waals surface area contributed by atoms with Crippen LogP contribution in [0.25, 0.3) is 49.4 Å². The number of para-hydroxylation sites is 1. The highest BCUT2D eigenvalue weighted by Gasteiger charge is 2.15. The molecule has 0 aliphatic rings. The molecule has 0 unspecified atom stereocenters. The van der Waals surface area contributed by atoms with Crippen molar-refractivity contribution in [1.82, 2.24) is 4.57 Å².